The van der Waals surface area contributed by atoms with Gasteiger partial charge in [-0.25, -0.2) is 8.42 Å². The number of rotatable bonds is 7. The molecule has 1 aromatic carbocycles. The van der Waals surface area contributed by atoms with E-state index in [9.17, 15) is 13.2 Å². The summed E-state index contributed by atoms with van der Waals surface area (Å²) in [6.45, 7) is 0. The molecule has 0 aromatic heterocycles. The van der Waals surface area contributed by atoms with Gasteiger partial charge in [-0.1, -0.05) is 30.3 Å². The highest BCUT2D eigenvalue weighted by molar-refractivity contribution is 7.98. The van der Waals surface area contributed by atoms with Crippen molar-refractivity contribution in [3.8, 4) is 0 Å². The molecule has 1 unspecified atom stereocenters. The summed E-state index contributed by atoms with van der Waals surface area (Å²) in [4.78, 5) is 11.6. The van der Waals surface area contributed by atoms with Crippen molar-refractivity contribution in [3.63, 3.8) is 0 Å². The molecule has 0 aliphatic heterocycles. The average Bonchev–Trinajstić information content (AvgIpc) is 2.35. The molecule has 1 aromatic rings. The van der Waals surface area contributed by atoms with Gasteiger partial charge in [-0.3, -0.25) is 9.52 Å². The third-order valence-electron chi connectivity index (χ3n) is 2.43. The van der Waals surface area contributed by atoms with Crippen LogP contribution in [0.5, 0.6) is 0 Å². The molecule has 1 rings (SSSR count). The fourth-order valence-electron chi connectivity index (χ4n) is 1.43. The molecule has 0 bridgehead atoms. The molecule has 19 heavy (non-hydrogen) atoms. The highest BCUT2D eigenvalue weighted by Crippen LogP contribution is 2.05. The maximum Gasteiger partial charge on any atom is 0.250 e. The Kier molecular flexibility index (Phi) is 6.33. The number of hydrogen-bond donors (Lipinski definition) is 2. The first-order valence-electron chi connectivity index (χ1n) is 5.77. The third kappa shape index (κ3) is 6.09. The van der Waals surface area contributed by atoms with Crippen molar-refractivity contribution in [2.45, 2.75) is 18.2 Å². The molecule has 7 heteroatoms. The van der Waals surface area contributed by atoms with Crippen LogP contribution in [-0.2, 0) is 20.6 Å². The Balaban J connectivity index is 2.57. The van der Waals surface area contributed by atoms with E-state index in [1.54, 1.807) is 42.1 Å². The molecule has 0 saturated carbocycles. The lowest BCUT2D eigenvalue weighted by Gasteiger charge is -2.12. The summed E-state index contributed by atoms with van der Waals surface area (Å²) in [6, 6.07) is 7.88. The van der Waals surface area contributed by atoms with Gasteiger partial charge in [-0.05, 0) is 24.0 Å². The average molecular weight is 302 g/mol. The second-order valence-corrected chi connectivity index (χ2v) is 6.81. The fraction of sp³-hybridized carbons (Fsp3) is 0.417. The summed E-state index contributed by atoms with van der Waals surface area (Å²) < 4.78 is 25.6. The van der Waals surface area contributed by atoms with Gasteiger partial charge >= 0.3 is 0 Å². The number of benzene rings is 1. The number of nitrogens with one attached hydrogen (secondary N) is 1. The zero-order valence-corrected chi connectivity index (χ0v) is 12.3. The molecule has 0 aliphatic rings. The molecular weight excluding hydrogens is 284 g/mol. The van der Waals surface area contributed by atoms with Gasteiger partial charge in [-0.2, -0.15) is 11.8 Å². The molecule has 0 fully saturated rings. The first-order valence-corrected chi connectivity index (χ1v) is 8.82. The van der Waals surface area contributed by atoms with Crippen molar-refractivity contribution < 1.29 is 13.2 Å². The monoisotopic (exact) mass is 302 g/mol. The Morgan fingerprint density at radius 3 is 2.58 bits per heavy atom. The predicted octanol–water partition coefficient (Wildman–Crippen LogP) is 0.713. The van der Waals surface area contributed by atoms with Gasteiger partial charge < -0.3 is 5.73 Å². The second kappa shape index (κ2) is 7.52. The van der Waals surface area contributed by atoms with E-state index in [1.807, 2.05) is 11.0 Å². The minimum absolute atomic E-state index is 0.227. The Morgan fingerprint density at radius 2 is 2.00 bits per heavy atom. The SMILES string of the molecule is CSCCC(N)C(=O)NS(=O)(=O)Cc1ccccc1. The van der Waals surface area contributed by atoms with Gasteiger partial charge in [0, 0.05) is 0 Å². The van der Waals surface area contributed by atoms with Crippen LogP contribution in [0.1, 0.15) is 12.0 Å². The highest BCUT2D eigenvalue weighted by Gasteiger charge is 2.20. The molecule has 0 radical (unpaired) electrons. The van der Waals surface area contributed by atoms with Gasteiger partial charge in [0.25, 0.3) is 0 Å². The van der Waals surface area contributed by atoms with Crippen LogP contribution in [0.15, 0.2) is 30.3 Å². The largest absolute Gasteiger partial charge is 0.320 e. The molecule has 0 spiro atoms. The number of carbonyl (C=O) groups excluding carboxylic acids is 1. The van der Waals surface area contributed by atoms with Gasteiger partial charge in [0.05, 0.1) is 11.8 Å². The molecule has 0 heterocycles. The summed E-state index contributed by atoms with van der Waals surface area (Å²) in [5.74, 6) is -0.160. The Labute approximate surface area is 118 Å². The van der Waals surface area contributed by atoms with Gasteiger partial charge in [0.15, 0.2) is 0 Å². The normalized spacial score (nSPS) is 12.9. The summed E-state index contributed by atoms with van der Waals surface area (Å²) in [5.41, 5.74) is 6.24. The zero-order valence-electron chi connectivity index (χ0n) is 10.7. The third-order valence-corrected chi connectivity index (χ3v) is 4.29. The minimum Gasteiger partial charge on any atom is -0.320 e. The van der Waals surface area contributed by atoms with E-state index in [-0.39, 0.29) is 5.75 Å². The van der Waals surface area contributed by atoms with Crippen molar-refractivity contribution in [1.29, 1.82) is 0 Å². The van der Waals surface area contributed by atoms with Crippen LogP contribution < -0.4 is 10.5 Å². The smallest absolute Gasteiger partial charge is 0.250 e. The maximum atomic E-state index is 11.8. The molecular formula is C12H18N2O3S2. The first kappa shape index (κ1) is 16.0. The minimum atomic E-state index is -3.69. The van der Waals surface area contributed by atoms with Crippen LogP contribution in [-0.4, -0.2) is 32.4 Å². The standard InChI is InChI=1S/C12H18N2O3S2/c1-18-8-7-11(13)12(15)14-19(16,17)9-10-5-3-2-4-6-10/h2-6,11H,7-9,13H2,1H3,(H,14,15). The lowest BCUT2D eigenvalue weighted by atomic mass is 10.2. The lowest BCUT2D eigenvalue weighted by molar-refractivity contribution is -0.120. The molecule has 1 atom stereocenters. The van der Waals surface area contributed by atoms with E-state index in [2.05, 4.69) is 0 Å². The lowest BCUT2D eigenvalue weighted by Crippen LogP contribution is -2.44. The van der Waals surface area contributed by atoms with Crippen LogP contribution in [0.2, 0.25) is 0 Å². The van der Waals surface area contributed by atoms with Crippen molar-refractivity contribution >= 4 is 27.7 Å². The van der Waals surface area contributed by atoms with Crippen LogP contribution in [0, 0.1) is 0 Å². The van der Waals surface area contributed by atoms with Crippen molar-refractivity contribution in [3.05, 3.63) is 35.9 Å². The van der Waals surface area contributed by atoms with E-state index in [0.717, 1.165) is 0 Å². The van der Waals surface area contributed by atoms with Crippen LogP contribution in [0.3, 0.4) is 0 Å². The van der Waals surface area contributed by atoms with E-state index < -0.39 is 22.0 Å². The molecule has 5 nitrogen and oxygen atoms in total. The fourth-order valence-corrected chi connectivity index (χ4v) is 3.09. The maximum absolute atomic E-state index is 11.8. The zero-order chi connectivity index (χ0) is 14.3. The predicted molar refractivity (Wildman–Crippen MR) is 78.2 cm³/mol. The molecule has 106 valence electrons. The second-order valence-electron chi connectivity index (χ2n) is 4.10. The Hall–Kier alpha value is -1.05. The van der Waals surface area contributed by atoms with Gasteiger partial charge in [0.1, 0.15) is 0 Å². The molecule has 3 N–H and O–H groups in total. The number of sulfonamides is 1. The van der Waals surface area contributed by atoms with E-state index in [0.29, 0.717) is 17.7 Å². The molecule has 1 amide bonds. The number of carbonyl (C=O) groups is 1. The number of nitrogens with two attached hydrogens (primary N) is 1. The van der Waals surface area contributed by atoms with E-state index >= 15 is 0 Å². The highest BCUT2D eigenvalue weighted by atomic mass is 32.2. The van der Waals surface area contributed by atoms with Crippen LogP contribution in [0.25, 0.3) is 0 Å². The summed E-state index contributed by atoms with van der Waals surface area (Å²) in [6.07, 6.45) is 2.35. The quantitative estimate of drug-likeness (QED) is 0.774. The summed E-state index contributed by atoms with van der Waals surface area (Å²) >= 11 is 1.56. The van der Waals surface area contributed by atoms with Gasteiger partial charge in [-0.15, -0.1) is 0 Å². The molecule has 0 aliphatic carbocycles. The van der Waals surface area contributed by atoms with Crippen molar-refractivity contribution in [2.75, 3.05) is 12.0 Å². The first-order chi connectivity index (χ1) is 8.94. The summed E-state index contributed by atoms with van der Waals surface area (Å²) in [5, 5.41) is 0. The van der Waals surface area contributed by atoms with Crippen LogP contribution >= 0.6 is 11.8 Å². The molecule has 0 saturated heterocycles. The number of thioether (sulfide) groups is 1. The number of amides is 1. The Bertz CT molecular complexity index is 503. The van der Waals surface area contributed by atoms with Crippen molar-refractivity contribution in [1.82, 2.24) is 4.72 Å². The topological polar surface area (TPSA) is 89.3 Å². The summed E-state index contributed by atoms with van der Waals surface area (Å²) in [7, 11) is -3.69. The van der Waals surface area contributed by atoms with E-state index in [1.165, 1.54) is 0 Å². The number of hydrogen-bond acceptors (Lipinski definition) is 5. The van der Waals surface area contributed by atoms with E-state index in [4.69, 9.17) is 5.73 Å². The van der Waals surface area contributed by atoms with Gasteiger partial charge in [0.2, 0.25) is 15.9 Å². The van der Waals surface area contributed by atoms with Crippen LogP contribution in [0.4, 0.5) is 0 Å². The Morgan fingerprint density at radius 1 is 1.37 bits per heavy atom. The van der Waals surface area contributed by atoms with Crippen molar-refractivity contribution in [2.24, 2.45) is 5.73 Å².